The molecule has 3 N–H and O–H groups in total. The number of nitrogens with two attached hydrogens (primary N) is 1. The van der Waals surface area contributed by atoms with E-state index in [1.54, 1.807) is 48.5 Å². The smallest absolute Gasteiger partial charge is 0.330 e. The highest BCUT2D eigenvalue weighted by molar-refractivity contribution is 7.99. The highest BCUT2D eigenvalue weighted by Crippen LogP contribution is 2.35. The molecule has 5 rings (SSSR count). The summed E-state index contributed by atoms with van der Waals surface area (Å²) in [7, 11) is 1.50. The van der Waals surface area contributed by atoms with Gasteiger partial charge in [0, 0.05) is 6.04 Å². The molecule has 2 aromatic heterocycles. The van der Waals surface area contributed by atoms with Crippen molar-refractivity contribution in [1.29, 1.82) is 0 Å². The third kappa shape index (κ3) is 4.03. The van der Waals surface area contributed by atoms with Crippen LogP contribution in [0.2, 0.25) is 0 Å². The lowest BCUT2D eigenvalue weighted by molar-refractivity contribution is 0.102. The largest absolute Gasteiger partial charge is 0.495 e. The molecule has 0 saturated heterocycles. The van der Waals surface area contributed by atoms with Crippen molar-refractivity contribution in [2.75, 3.05) is 18.6 Å². The van der Waals surface area contributed by atoms with Gasteiger partial charge in [-0.25, -0.2) is 9.78 Å². The van der Waals surface area contributed by atoms with E-state index in [2.05, 4.69) is 9.97 Å². The first-order chi connectivity index (χ1) is 16.9. The third-order valence-corrected chi connectivity index (χ3v) is 6.71. The van der Waals surface area contributed by atoms with Gasteiger partial charge in [0.15, 0.2) is 10.9 Å². The van der Waals surface area contributed by atoms with E-state index < -0.39 is 17.0 Å². The van der Waals surface area contributed by atoms with Gasteiger partial charge < -0.3 is 10.5 Å². The molecule has 1 saturated carbocycles. The van der Waals surface area contributed by atoms with Crippen LogP contribution in [0.4, 0.5) is 5.82 Å². The molecule has 4 aromatic rings. The molecule has 0 unspecified atom stereocenters. The lowest BCUT2D eigenvalue weighted by Gasteiger charge is -2.16. The minimum Gasteiger partial charge on any atom is -0.495 e. The molecule has 0 radical (unpaired) electrons. The van der Waals surface area contributed by atoms with E-state index in [0.717, 1.165) is 24.6 Å². The van der Waals surface area contributed by atoms with Crippen LogP contribution in [0.1, 0.15) is 29.2 Å². The number of fused-ring (bicyclic) bond motifs is 1. The van der Waals surface area contributed by atoms with Gasteiger partial charge in [-0.1, -0.05) is 36.0 Å². The number of nitrogens with zero attached hydrogens (tertiary/aromatic N) is 3. The number of benzene rings is 2. The quantitative estimate of drug-likeness (QED) is 0.227. The van der Waals surface area contributed by atoms with E-state index in [1.165, 1.54) is 16.2 Å². The Hall–Kier alpha value is -4.12. The second-order valence-corrected chi connectivity index (χ2v) is 9.00. The zero-order valence-corrected chi connectivity index (χ0v) is 19.5. The van der Waals surface area contributed by atoms with Gasteiger partial charge in [0.25, 0.3) is 11.1 Å². The minimum absolute atomic E-state index is 0.114. The minimum atomic E-state index is -0.830. The highest BCUT2D eigenvalue weighted by Gasteiger charge is 2.30. The van der Waals surface area contributed by atoms with Crippen molar-refractivity contribution in [3.8, 4) is 11.4 Å². The van der Waals surface area contributed by atoms with Crippen LogP contribution >= 0.6 is 11.8 Å². The van der Waals surface area contributed by atoms with Crippen LogP contribution in [0.25, 0.3) is 16.6 Å². The number of ether oxygens (including phenoxy) is 1. The van der Waals surface area contributed by atoms with Crippen molar-refractivity contribution in [3.63, 3.8) is 0 Å². The molecule has 1 aliphatic carbocycles. The van der Waals surface area contributed by atoms with Gasteiger partial charge in [-0.3, -0.25) is 28.5 Å². The Labute approximate surface area is 202 Å². The summed E-state index contributed by atoms with van der Waals surface area (Å²) in [6, 6.07) is 13.8. The number of nitrogens with one attached hydrogen (secondary N) is 1. The third-order valence-electron chi connectivity index (χ3n) is 5.78. The molecule has 10 nitrogen and oxygen atoms in total. The predicted octanol–water partition coefficient (Wildman–Crippen LogP) is 2.14. The van der Waals surface area contributed by atoms with Crippen molar-refractivity contribution >= 4 is 34.3 Å². The molecule has 11 heteroatoms. The number of H-pyrrole nitrogens is 1. The molecule has 0 spiro atoms. The maximum atomic E-state index is 13.5. The lowest BCUT2D eigenvalue weighted by Crippen LogP contribution is -2.36. The van der Waals surface area contributed by atoms with E-state index in [0.29, 0.717) is 22.3 Å². The Bertz CT molecular complexity index is 1650. The molecule has 2 heterocycles. The first-order valence-corrected chi connectivity index (χ1v) is 11.8. The van der Waals surface area contributed by atoms with Gasteiger partial charge >= 0.3 is 5.69 Å². The normalized spacial score (nSPS) is 13.2. The number of anilines is 1. The van der Waals surface area contributed by atoms with Crippen LogP contribution in [0, 0.1) is 0 Å². The molecule has 0 aliphatic heterocycles. The number of aromatic nitrogens is 4. The molecule has 0 bridgehead atoms. The number of para-hydroxylation sites is 3. The van der Waals surface area contributed by atoms with Crippen LogP contribution in [0.3, 0.4) is 0 Å². The topological polar surface area (TPSA) is 142 Å². The van der Waals surface area contributed by atoms with E-state index in [-0.39, 0.29) is 33.9 Å². The van der Waals surface area contributed by atoms with E-state index in [9.17, 15) is 19.2 Å². The summed E-state index contributed by atoms with van der Waals surface area (Å²) >= 11 is 0.996. The predicted molar refractivity (Wildman–Crippen MR) is 133 cm³/mol. The maximum Gasteiger partial charge on any atom is 0.330 e. The number of methoxy groups -OCH3 is 1. The van der Waals surface area contributed by atoms with Gasteiger partial charge in [-0.15, -0.1) is 0 Å². The Balaban J connectivity index is 1.58. The van der Waals surface area contributed by atoms with Crippen LogP contribution < -0.4 is 27.3 Å². The van der Waals surface area contributed by atoms with Crippen molar-refractivity contribution in [1.82, 2.24) is 19.1 Å². The lowest BCUT2D eigenvalue weighted by atomic mass is 10.2. The highest BCUT2D eigenvalue weighted by atomic mass is 32.2. The summed E-state index contributed by atoms with van der Waals surface area (Å²) in [5.41, 5.74) is 4.97. The Morgan fingerprint density at radius 2 is 1.86 bits per heavy atom. The molecule has 1 aliphatic rings. The Morgan fingerprint density at radius 1 is 1.14 bits per heavy atom. The van der Waals surface area contributed by atoms with Crippen molar-refractivity contribution in [2.24, 2.45) is 0 Å². The van der Waals surface area contributed by atoms with Crippen LogP contribution in [0.15, 0.2) is 68.1 Å². The summed E-state index contributed by atoms with van der Waals surface area (Å²) in [5, 5.41) is 0.656. The molecule has 2 aromatic carbocycles. The van der Waals surface area contributed by atoms with Crippen LogP contribution in [-0.2, 0) is 0 Å². The second-order valence-electron chi connectivity index (χ2n) is 8.06. The van der Waals surface area contributed by atoms with Crippen molar-refractivity contribution in [3.05, 3.63) is 85.3 Å². The summed E-state index contributed by atoms with van der Waals surface area (Å²) in [4.78, 5) is 58.0. The van der Waals surface area contributed by atoms with Gasteiger partial charge in [0.1, 0.15) is 17.1 Å². The fourth-order valence-electron chi connectivity index (χ4n) is 3.97. The molecule has 0 atom stereocenters. The number of carbonyl (C=O) groups is 1. The molecule has 0 amide bonds. The molecular weight excluding hydrogens is 470 g/mol. The SMILES string of the molecule is COc1ccccc1-n1c(SCC(=O)c2c(N)n(C3CC3)c(=O)[nH]c2=O)nc2ccccc2c1=O. The number of thioether (sulfide) groups is 1. The fraction of sp³-hybridized carbons (Fsp3) is 0.208. The average molecular weight is 492 g/mol. The van der Waals surface area contributed by atoms with Crippen molar-refractivity contribution in [2.45, 2.75) is 24.0 Å². The van der Waals surface area contributed by atoms with Gasteiger partial charge in [0.2, 0.25) is 0 Å². The molecule has 178 valence electrons. The number of rotatable bonds is 7. The monoisotopic (exact) mass is 491 g/mol. The number of nitrogen functional groups attached to an aromatic ring is 1. The summed E-state index contributed by atoms with van der Waals surface area (Å²) < 4.78 is 8.09. The number of carbonyl (C=O) groups excluding carboxylic acids is 1. The van der Waals surface area contributed by atoms with Gasteiger partial charge in [-0.05, 0) is 37.1 Å². The van der Waals surface area contributed by atoms with Gasteiger partial charge in [-0.2, -0.15) is 0 Å². The molecular formula is C24H21N5O5S. The average Bonchev–Trinajstić information content (AvgIpc) is 3.67. The van der Waals surface area contributed by atoms with Crippen LogP contribution in [0.5, 0.6) is 5.75 Å². The number of hydrogen-bond acceptors (Lipinski definition) is 8. The number of Topliss-reactive ketones (excluding diaryl/α,β-unsaturated/α-hetero) is 1. The first-order valence-electron chi connectivity index (χ1n) is 10.9. The Morgan fingerprint density at radius 3 is 2.60 bits per heavy atom. The number of ketones is 1. The van der Waals surface area contributed by atoms with E-state index in [1.807, 2.05) is 0 Å². The number of hydrogen-bond donors (Lipinski definition) is 2. The van der Waals surface area contributed by atoms with Gasteiger partial charge in [0.05, 0.1) is 29.5 Å². The first kappa shape index (κ1) is 22.7. The summed E-state index contributed by atoms with van der Waals surface area (Å²) in [6.07, 6.45) is 1.51. The number of aromatic amines is 1. The van der Waals surface area contributed by atoms with E-state index in [4.69, 9.17) is 10.5 Å². The molecule has 35 heavy (non-hydrogen) atoms. The summed E-state index contributed by atoms with van der Waals surface area (Å²) in [6.45, 7) is 0. The Kier molecular flexibility index (Phi) is 5.77. The molecule has 1 fully saturated rings. The fourth-order valence-corrected chi connectivity index (χ4v) is 4.85. The zero-order valence-electron chi connectivity index (χ0n) is 18.7. The van der Waals surface area contributed by atoms with Crippen molar-refractivity contribution < 1.29 is 9.53 Å². The standard InChI is InChI=1S/C24H21N5O5S/c1-34-18-9-5-4-8-16(18)29-22(32)14-6-2-3-7-15(14)26-24(29)35-12-17(30)19-20(25)28(13-10-11-13)23(33)27-21(19)31/h2-9,13H,10-12,25H2,1H3,(H,27,31,33). The van der Waals surface area contributed by atoms with Crippen LogP contribution in [-0.4, -0.2) is 37.7 Å². The zero-order chi connectivity index (χ0) is 24.7. The second kappa shape index (κ2) is 8.91. The maximum absolute atomic E-state index is 13.5. The van der Waals surface area contributed by atoms with E-state index >= 15 is 0 Å². The summed E-state index contributed by atoms with van der Waals surface area (Å²) in [5.74, 6) is -0.481.